The third-order valence-electron chi connectivity index (χ3n) is 5.37. The molecule has 2 aliphatic heterocycles. The first kappa shape index (κ1) is 17.2. The van der Waals surface area contributed by atoms with Crippen LogP contribution in [0.4, 0.5) is 0 Å². The van der Waals surface area contributed by atoms with Crippen molar-refractivity contribution in [2.75, 3.05) is 25.5 Å². The van der Waals surface area contributed by atoms with Crippen molar-refractivity contribution >= 4 is 11.8 Å². The normalized spacial score (nSPS) is 28.5. The zero-order valence-electron chi connectivity index (χ0n) is 14.4. The molecule has 0 radical (unpaired) electrons. The standard InChI is InChI=1S/C19H30N2OS/c1-2-22-16-19(10-8-18-7-4-13-23-18)9-5-12-21(19)15-17-6-3-11-20-14-17/h3,6,11,14,18H,2,4-5,7-10,12-13,15-16H2,1H3. The summed E-state index contributed by atoms with van der Waals surface area (Å²) in [5, 5.41) is 0.884. The van der Waals surface area contributed by atoms with Crippen molar-refractivity contribution < 1.29 is 4.74 Å². The van der Waals surface area contributed by atoms with E-state index in [2.05, 4.69) is 34.6 Å². The highest BCUT2D eigenvalue weighted by molar-refractivity contribution is 8.00. The highest BCUT2D eigenvalue weighted by Gasteiger charge is 2.41. The maximum Gasteiger partial charge on any atom is 0.0650 e. The quantitative estimate of drug-likeness (QED) is 0.714. The third-order valence-corrected chi connectivity index (χ3v) is 6.83. The van der Waals surface area contributed by atoms with Gasteiger partial charge in [0.1, 0.15) is 0 Å². The van der Waals surface area contributed by atoms with E-state index in [4.69, 9.17) is 4.74 Å². The van der Waals surface area contributed by atoms with E-state index in [1.54, 1.807) is 0 Å². The fourth-order valence-electron chi connectivity index (χ4n) is 4.07. The number of hydrogen-bond acceptors (Lipinski definition) is 4. The zero-order valence-corrected chi connectivity index (χ0v) is 15.2. The second kappa shape index (κ2) is 8.50. The van der Waals surface area contributed by atoms with Crippen LogP contribution in [0.15, 0.2) is 24.5 Å². The number of aromatic nitrogens is 1. The largest absolute Gasteiger partial charge is 0.380 e. The summed E-state index contributed by atoms with van der Waals surface area (Å²) in [6.45, 7) is 6.03. The maximum absolute atomic E-state index is 5.94. The number of ether oxygens (including phenoxy) is 1. The molecule has 23 heavy (non-hydrogen) atoms. The van der Waals surface area contributed by atoms with Crippen molar-refractivity contribution in [3.05, 3.63) is 30.1 Å². The second-order valence-electron chi connectivity index (χ2n) is 6.92. The van der Waals surface area contributed by atoms with Gasteiger partial charge in [-0.1, -0.05) is 6.07 Å². The van der Waals surface area contributed by atoms with Gasteiger partial charge in [0.25, 0.3) is 0 Å². The minimum absolute atomic E-state index is 0.245. The van der Waals surface area contributed by atoms with E-state index in [0.29, 0.717) is 0 Å². The first-order chi connectivity index (χ1) is 11.3. The summed E-state index contributed by atoms with van der Waals surface area (Å²) in [7, 11) is 0. The van der Waals surface area contributed by atoms with Crippen LogP contribution in [0.25, 0.3) is 0 Å². The lowest BCUT2D eigenvalue weighted by molar-refractivity contribution is 0.00826. The molecule has 4 heteroatoms. The van der Waals surface area contributed by atoms with Crippen LogP contribution in [0.5, 0.6) is 0 Å². The Bertz CT molecular complexity index is 464. The molecule has 0 aromatic carbocycles. The summed E-state index contributed by atoms with van der Waals surface area (Å²) >= 11 is 2.18. The van der Waals surface area contributed by atoms with Crippen molar-refractivity contribution in [3.63, 3.8) is 0 Å². The topological polar surface area (TPSA) is 25.4 Å². The average Bonchev–Trinajstić information content (AvgIpc) is 3.23. The molecule has 0 amide bonds. The molecule has 3 nitrogen and oxygen atoms in total. The molecule has 2 atom stereocenters. The van der Waals surface area contributed by atoms with Gasteiger partial charge >= 0.3 is 0 Å². The van der Waals surface area contributed by atoms with Gasteiger partial charge in [0, 0.05) is 36.3 Å². The molecule has 2 fully saturated rings. The molecular weight excluding hydrogens is 304 g/mol. The Balaban J connectivity index is 1.67. The molecule has 0 N–H and O–H groups in total. The van der Waals surface area contributed by atoms with Gasteiger partial charge in [-0.05, 0) is 69.4 Å². The fraction of sp³-hybridized carbons (Fsp3) is 0.737. The summed E-state index contributed by atoms with van der Waals surface area (Å²) < 4.78 is 5.94. The lowest BCUT2D eigenvalue weighted by Crippen LogP contribution is -2.47. The van der Waals surface area contributed by atoms with Gasteiger partial charge in [-0.25, -0.2) is 0 Å². The van der Waals surface area contributed by atoms with Gasteiger partial charge in [0.2, 0.25) is 0 Å². The molecule has 2 saturated heterocycles. The first-order valence-electron chi connectivity index (χ1n) is 9.16. The van der Waals surface area contributed by atoms with E-state index in [-0.39, 0.29) is 5.54 Å². The summed E-state index contributed by atoms with van der Waals surface area (Å²) in [4.78, 5) is 6.96. The van der Waals surface area contributed by atoms with E-state index in [0.717, 1.165) is 25.0 Å². The molecule has 3 rings (SSSR count). The van der Waals surface area contributed by atoms with Gasteiger partial charge in [-0.3, -0.25) is 9.88 Å². The molecule has 0 saturated carbocycles. The number of thioether (sulfide) groups is 1. The number of nitrogens with zero attached hydrogens (tertiary/aromatic N) is 2. The van der Waals surface area contributed by atoms with E-state index in [9.17, 15) is 0 Å². The predicted molar refractivity (Wildman–Crippen MR) is 97.8 cm³/mol. The van der Waals surface area contributed by atoms with Gasteiger partial charge in [0.05, 0.1) is 6.61 Å². The van der Waals surface area contributed by atoms with Crippen molar-refractivity contribution in [1.29, 1.82) is 0 Å². The highest BCUT2D eigenvalue weighted by Crippen LogP contribution is 2.39. The molecule has 1 aromatic heterocycles. The van der Waals surface area contributed by atoms with Crippen molar-refractivity contribution in [2.45, 2.75) is 62.8 Å². The van der Waals surface area contributed by atoms with Crippen molar-refractivity contribution in [2.24, 2.45) is 0 Å². The van der Waals surface area contributed by atoms with Crippen LogP contribution in [0.1, 0.15) is 51.0 Å². The smallest absolute Gasteiger partial charge is 0.0650 e. The van der Waals surface area contributed by atoms with E-state index < -0.39 is 0 Å². The molecule has 3 heterocycles. The molecule has 0 spiro atoms. The van der Waals surface area contributed by atoms with Gasteiger partial charge in [-0.15, -0.1) is 0 Å². The third kappa shape index (κ3) is 4.49. The van der Waals surface area contributed by atoms with Crippen LogP contribution < -0.4 is 0 Å². The summed E-state index contributed by atoms with van der Waals surface area (Å²) in [6, 6.07) is 4.24. The van der Waals surface area contributed by atoms with E-state index in [1.807, 2.05) is 18.5 Å². The predicted octanol–water partition coefficient (Wildman–Crippen LogP) is 4.13. The van der Waals surface area contributed by atoms with Crippen LogP contribution in [0, 0.1) is 0 Å². The Morgan fingerprint density at radius 2 is 2.39 bits per heavy atom. The Labute approximate surface area is 145 Å². The Hall–Kier alpha value is -0.580. The zero-order chi connectivity index (χ0) is 16.0. The van der Waals surface area contributed by atoms with Crippen LogP contribution in [0.2, 0.25) is 0 Å². The lowest BCUT2D eigenvalue weighted by Gasteiger charge is -2.39. The molecule has 2 aliphatic rings. The monoisotopic (exact) mass is 334 g/mol. The van der Waals surface area contributed by atoms with Crippen LogP contribution in [-0.2, 0) is 11.3 Å². The minimum atomic E-state index is 0.245. The van der Waals surface area contributed by atoms with Crippen LogP contribution >= 0.6 is 11.8 Å². The van der Waals surface area contributed by atoms with E-state index >= 15 is 0 Å². The van der Waals surface area contributed by atoms with Crippen molar-refractivity contribution in [3.8, 4) is 0 Å². The minimum Gasteiger partial charge on any atom is -0.380 e. The summed E-state index contributed by atoms with van der Waals surface area (Å²) in [6.07, 6.45) is 11.9. The average molecular weight is 335 g/mol. The van der Waals surface area contributed by atoms with Crippen molar-refractivity contribution in [1.82, 2.24) is 9.88 Å². The number of rotatable bonds is 8. The molecule has 0 aliphatic carbocycles. The van der Waals surface area contributed by atoms with Crippen LogP contribution in [0.3, 0.4) is 0 Å². The number of pyridine rings is 1. The van der Waals surface area contributed by atoms with Gasteiger partial charge < -0.3 is 4.74 Å². The first-order valence-corrected chi connectivity index (χ1v) is 10.2. The Morgan fingerprint density at radius 3 is 3.13 bits per heavy atom. The lowest BCUT2D eigenvalue weighted by atomic mass is 9.89. The number of likely N-dealkylation sites (tertiary alicyclic amines) is 1. The Kier molecular flexibility index (Phi) is 6.37. The maximum atomic E-state index is 5.94. The molecular formula is C19H30N2OS. The SMILES string of the molecule is CCOCC1(CCC2CCCS2)CCCN1Cc1cccnc1. The fourth-order valence-corrected chi connectivity index (χ4v) is 5.35. The number of hydrogen-bond donors (Lipinski definition) is 0. The Morgan fingerprint density at radius 1 is 1.43 bits per heavy atom. The van der Waals surface area contributed by atoms with Gasteiger partial charge in [0.15, 0.2) is 0 Å². The molecule has 1 aromatic rings. The highest BCUT2D eigenvalue weighted by atomic mass is 32.2. The summed E-state index contributed by atoms with van der Waals surface area (Å²) in [5.74, 6) is 1.36. The van der Waals surface area contributed by atoms with Gasteiger partial charge in [-0.2, -0.15) is 11.8 Å². The molecule has 0 bridgehead atoms. The molecule has 128 valence electrons. The second-order valence-corrected chi connectivity index (χ2v) is 8.33. The van der Waals surface area contributed by atoms with E-state index in [1.165, 1.54) is 56.4 Å². The summed E-state index contributed by atoms with van der Waals surface area (Å²) in [5.41, 5.74) is 1.57. The van der Waals surface area contributed by atoms with Crippen LogP contribution in [-0.4, -0.2) is 46.2 Å². The molecule has 2 unspecified atom stereocenters.